The summed E-state index contributed by atoms with van der Waals surface area (Å²) in [7, 11) is 1.89. The molecule has 0 aliphatic carbocycles. The number of halogens is 1. The van der Waals surface area contributed by atoms with Gasteiger partial charge in [0.15, 0.2) is 7.05 Å². The molecule has 34 heavy (non-hydrogen) atoms. The van der Waals surface area contributed by atoms with E-state index >= 15 is 0 Å². The third-order valence-electron chi connectivity index (χ3n) is 5.43. The molecule has 0 fully saturated rings. The number of nitrogens with one attached hydrogen (secondary N) is 3. The Bertz CT molecular complexity index is 1310. The molecule has 7 nitrogen and oxygen atoms in total. The molecule has 8 heteroatoms. The number of aryl methyl sites for hydroxylation is 1. The quantitative estimate of drug-likeness (QED) is 0.355. The molecule has 0 aliphatic heterocycles. The zero-order chi connectivity index (χ0) is 23.9. The number of nitriles is 1. The Balaban J connectivity index is 1.46. The number of benzene rings is 2. The first-order chi connectivity index (χ1) is 16.5. The minimum atomic E-state index is -0.898. The molecule has 4 aromatic rings. The summed E-state index contributed by atoms with van der Waals surface area (Å²) in [6.45, 7) is 0.440. The van der Waals surface area contributed by atoms with Gasteiger partial charge in [0.1, 0.15) is 17.7 Å². The number of pyridine rings is 1. The second-order valence-corrected chi connectivity index (χ2v) is 7.86. The van der Waals surface area contributed by atoms with Crippen molar-refractivity contribution in [3.63, 3.8) is 0 Å². The minimum absolute atomic E-state index is 0.260. The lowest BCUT2D eigenvalue weighted by Gasteiger charge is -2.19. The number of rotatable bonds is 8. The van der Waals surface area contributed by atoms with E-state index in [1.807, 2.05) is 42.3 Å². The Labute approximate surface area is 196 Å². The first-order valence-corrected chi connectivity index (χ1v) is 10.8. The predicted molar refractivity (Wildman–Crippen MR) is 126 cm³/mol. The summed E-state index contributed by atoms with van der Waals surface area (Å²) in [6.07, 6.45) is 6.09. The van der Waals surface area contributed by atoms with Crippen LogP contribution in [0, 0.1) is 17.1 Å². The third kappa shape index (κ3) is 5.52. The molecule has 3 N–H and O–H groups in total. The normalized spacial score (nSPS) is 11.6. The number of anilines is 1. The lowest BCUT2D eigenvalue weighted by atomic mass is 10.0. The molecule has 2 heterocycles. The van der Waals surface area contributed by atoms with Gasteiger partial charge in [-0.25, -0.2) is 9.37 Å². The van der Waals surface area contributed by atoms with Crippen molar-refractivity contribution in [3.05, 3.63) is 102 Å². The van der Waals surface area contributed by atoms with E-state index in [2.05, 4.69) is 26.8 Å². The molecule has 0 saturated carbocycles. The SMILES string of the molecule is C[n+]1cc(-c2ccc(NC(=O)C(NCCc3ccc(C#N)cc3)c3ccccc3F)nc2)c[nH]1. The number of carbonyl (C=O) groups is 1. The number of hydrogen-bond donors (Lipinski definition) is 3. The van der Waals surface area contributed by atoms with Crippen molar-refractivity contribution < 1.29 is 13.9 Å². The van der Waals surface area contributed by atoms with Crippen LogP contribution in [0.4, 0.5) is 10.2 Å². The summed E-state index contributed by atoms with van der Waals surface area (Å²) < 4.78 is 16.4. The Hall–Kier alpha value is -4.35. The summed E-state index contributed by atoms with van der Waals surface area (Å²) in [6, 6.07) is 18.2. The molecule has 0 bridgehead atoms. The standard InChI is InChI=1S/C26H23FN6O/c1-33-17-21(16-31-33)20-10-11-24(30-15-20)32-26(34)25(22-4-2-3-5-23(22)27)29-13-12-18-6-8-19(14-28)9-7-18/h2-11,15-17,25,29H,12-13H2,1H3,(H,30,32,34)/p+1. The zero-order valence-electron chi connectivity index (χ0n) is 18.6. The average Bonchev–Trinajstić information content (AvgIpc) is 3.29. The van der Waals surface area contributed by atoms with Crippen LogP contribution in [0.5, 0.6) is 0 Å². The first kappa shape index (κ1) is 22.8. The highest BCUT2D eigenvalue weighted by Gasteiger charge is 2.23. The molecular formula is C26H24FN6O+. The lowest BCUT2D eigenvalue weighted by molar-refractivity contribution is -0.726. The molecule has 0 radical (unpaired) electrons. The number of nitrogens with zero attached hydrogens (tertiary/aromatic N) is 3. The average molecular weight is 456 g/mol. The van der Waals surface area contributed by atoms with Crippen molar-refractivity contribution in [3.8, 4) is 17.2 Å². The van der Waals surface area contributed by atoms with Crippen molar-refractivity contribution >= 4 is 11.7 Å². The van der Waals surface area contributed by atoms with E-state index in [0.29, 0.717) is 24.3 Å². The first-order valence-electron chi connectivity index (χ1n) is 10.8. The van der Waals surface area contributed by atoms with Crippen molar-refractivity contribution in [2.45, 2.75) is 12.5 Å². The van der Waals surface area contributed by atoms with Crippen LogP contribution in [0.15, 0.2) is 79.3 Å². The maximum Gasteiger partial charge on any atom is 0.247 e. The van der Waals surface area contributed by atoms with Crippen LogP contribution in [0.3, 0.4) is 0 Å². The molecule has 1 unspecified atom stereocenters. The minimum Gasteiger partial charge on any atom is -0.309 e. The fourth-order valence-electron chi connectivity index (χ4n) is 3.61. The Morgan fingerprint density at radius 1 is 1.15 bits per heavy atom. The van der Waals surface area contributed by atoms with Crippen molar-refractivity contribution in [1.82, 2.24) is 15.4 Å². The molecule has 4 rings (SSSR count). The number of aromatic nitrogens is 3. The third-order valence-corrected chi connectivity index (χ3v) is 5.43. The number of amides is 1. The lowest BCUT2D eigenvalue weighted by Crippen LogP contribution is -2.35. The molecule has 2 aromatic carbocycles. The van der Waals surface area contributed by atoms with Gasteiger partial charge in [-0.2, -0.15) is 10.4 Å². The van der Waals surface area contributed by atoms with Gasteiger partial charge in [-0.05, 0) is 42.3 Å². The van der Waals surface area contributed by atoms with Gasteiger partial charge in [-0.15, -0.1) is 4.68 Å². The van der Waals surface area contributed by atoms with E-state index in [4.69, 9.17) is 5.26 Å². The van der Waals surface area contributed by atoms with Gasteiger partial charge in [-0.3, -0.25) is 4.79 Å². The summed E-state index contributed by atoms with van der Waals surface area (Å²) >= 11 is 0. The molecular weight excluding hydrogens is 431 g/mol. The van der Waals surface area contributed by atoms with Gasteiger partial charge in [0.05, 0.1) is 23.4 Å². The van der Waals surface area contributed by atoms with E-state index in [0.717, 1.165) is 16.7 Å². The summed E-state index contributed by atoms with van der Waals surface area (Å²) in [5, 5.41) is 17.9. The fraction of sp³-hybridized carbons (Fsp3) is 0.154. The smallest absolute Gasteiger partial charge is 0.247 e. The Kier molecular flexibility index (Phi) is 7.06. The molecule has 170 valence electrons. The van der Waals surface area contributed by atoms with Gasteiger partial charge >= 0.3 is 0 Å². The number of aromatic amines is 1. The number of hydrogen-bond acceptors (Lipinski definition) is 4. The molecule has 0 spiro atoms. The maximum absolute atomic E-state index is 14.5. The fourth-order valence-corrected chi connectivity index (χ4v) is 3.61. The summed E-state index contributed by atoms with van der Waals surface area (Å²) in [5.41, 5.74) is 3.73. The van der Waals surface area contributed by atoms with Gasteiger partial charge in [0.25, 0.3) is 0 Å². The molecule has 1 atom stereocenters. The predicted octanol–water partition coefficient (Wildman–Crippen LogP) is 3.42. The largest absolute Gasteiger partial charge is 0.309 e. The molecule has 0 aliphatic rings. The van der Waals surface area contributed by atoms with Crippen molar-refractivity contribution in [2.75, 3.05) is 11.9 Å². The van der Waals surface area contributed by atoms with Crippen LogP contribution in [0.1, 0.15) is 22.7 Å². The highest BCUT2D eigenvalue weighted by Crippen LogP contribution is 2.21. The summed E-state index contributed by atoms with van der Waals surface area (Å²) in [4.78, 5) is 17.5. The highest BCUT2D eigenvalue weighted by molar-refractivity contribution is 5.95. The molecule has 0 saturated heterocycles. The molecule has 2 aromatic heterocycles. The topological polar surface area (TPSA) is 97.5 Å². The van der Waals surface area contributed by atoms with Gasteiger partial charge in [0, 0.05) is 23.9 Å². The second-order valence-electron chi connectivity index (χ2n) is 7.86. The van der Waals surface area contributed by atoms with Gasteiger partial charge in [0.2, 0.25) is 12.1 Å². The van der Waals surface area contributed by atoms with E-state index in [1.54, 1.807) is 42.6 Å². The van der Waals surface area contributed by atoms with Crippen molar-refractivity contribution in [2.24, 2.45) is 7.05 Å². The maximum atomic E-state index is 14.5. The zero-order valence-corrected chi connectivity index (χ0v) is 18.6. The highest BCUT2D eigenvalue weighted by atomic mass is 19.1. The van der Waals surface area contributed by atoms with Crippen LogP contribution >= 0.6 is 0 Å². The molecule has 1 amide bonds. The van der Waals surface area contributed by atoms with E-state index in [-0.39, 0.29) is 5.56 Å². The van der Waals surface area contributed by atoms with Crippen LogP contribution in [-0.2, 0) is 18.3 Å². The van der Waals surface area contributed by atoms with Crippen LogP contribution in [0.25, 0.3) is 11.1 Å². The van der Waals surface area contributed by atoms with Gasteiger partial charge < -0.3 is 10.6 Å². The van der Waals surface area contributed by atoms with E-state index < -0.39 is 17.8 Å². The Morgan fingerprint density at radius 2 is 1.94 bits per heavy atom. The van der Waals surface area contributed by atoms with Crippen LogP contribution < -0.4 is 15.3 Å². The van der Waals surface area contributed by atoms with Gasteiger partial charge in [-0.1, -0.05) is 30.3 Å². The Morgan fingerprint density at radius 3 is 2.59 bits per heavy atom. The van der Waals surface area contributed by atoms with Crippen LogP contribution in [-0.4, -0.2) is 22.5 Å². The van der Waals surface area contributed by atoms with Crippen LogP contribution in [0.2, 0.25) is 0 Å². The van der Waals surface area contributed by atoms with E-state index in [1.165, 1.54) is 6.07 Å². The monoisotopic (exact) mass is 455 g/mol. The second kappa shape index (κ2) is 10.5. The van der Waals surface area contributed by atoms with E-state index in [9.17, 15) is 9.18 Å². The number of H-pyrrole nitrogens is 1. The number of carbonyl (C=O) groups excluding carboxylic acids is 1. The van der Waals surface area contributed by atoms with Crippen molar-refractivity contribution in [1.29, 1.82) is 5.26 Å². The summed E-state index contributed by atoms with van der Waals surface area (Å²) in [5.74, 6) is -0.487.